The van der Waals surface area contributed by atoms with Crippen LogP contribution < -0.4 is 4.90 Å². The number of methoxy groups -OCH3 is 1. The normalized spacial score (nSPS) is 28.4. The maximum absolute atomic E-state index is 5.79. The van der Waals surface area contributed by atoms with Crippen molar-refractivity contribution >= 4 is 5.82 Å². The highest BCUT2D eigenvalue weighted by Gasteiger charge is 2.43. The van der Waals surface area contributed by atoms with E-state index in [0.717, 1.165) is 36.6 Å². The summed E-state index contributed by atoms with van der Waals surface area (Å²) in [7, 11) is 6.18. The molecule has 5 heteroatoms. The highest BCUT2D eigenvalue weighted by atomic mass is 16.5. The van der Waals surface area contributed by atoms with Crippen molar-refractivity contribution < 1.29 is 4.74 Å². The molecule has 0 amide bonds. The van der Waals surface area contributed by atoms with Gasteiger partial charge in [-0.05, 0) is 50.9 Å². The Hall–Kier alpha value is -1.98. The smallest absolute Gasteiger partial charge is 0.151 e. The third-order valence-electron chi connectivity index (χ3n) is 6.09. The highest BCUT2D eigenvalue weighted by Crippen LogP contribution is 2.39. The molecule has 1 aliphatic carbocycles. The molecule has 0 bridgehead atoms. The van der Waals surface area contributed by atoms with Crippen molar-refractivity contribution in [3.8, 4) is 11.3 Å². The van der Waals surface area contributed by atoms with E-state index in [9.17, 15) is 0 Å². The van der Waals surface area contributed by atoms with Crippen molar-refractivity contribution in [2.45, 2.75) is 25.0 Å². The van der Waals surface area contributed by atoms with Gasteiger partial charge in [0.1, 0.15) is 0 Å². The summed E-state index contributed by atoms with van der Waals surface area (Å²) in [4.78, 5) is 4.73. The fourth-order valence-electron chi connectivity index (χ4n) is 4.63. The Morgan fingerprint density at radius 3 is 2.31 bits per heavy atom. The van der Waals surface area contributed by atoms with Gasteiger partial charge in [-0.3, -0.25) is 0 Å². The summed E-state index contributed by atoms with van der Waals surface area (Å²) < 4.78 is 5.79. The molecule has 0 unspecified atom stereocenters. The van der Waals surface area contributed by atoms with E-state index in [2.05, 4.69) is 58.4 Å². The van der Waals surface area contributed by atoms with Crippen molar-refractivity contribution in [1.82, 2.24) is 15.1 Å². The van der Waals surface area contributed by atoms with Crippen LogP contribution in [0.2, 0.25) is 0 Å². The van der Waals surface area contributed by atoms with Crippen LogP contribution in [0.4, 0.5) is 5.82 Å². The lowest BCUT2D eigenvalue weighted by Gasteiger charge is -2.40. The molecule has 2 fully saturated rings. The number of rotatable bonds is 4. The number of ether oxygens (including phenoxy) is 1. The summed E-state index contributed by atoms with van der Waals surface area (Å²) in [5, 5.41) is 8.98. The van der Waals surface area contributed by atoms with Crippen LogP contribution in [0.3, 0.4) is 0 Å². The molecule has 2 aliphatic rings. The van der Waals surface area contributed by atoms with Gasteiger partial charge in [0.15, 0.2) is 5.82 Å². The molecule has 1 aliphatic heterocycles. The molecule has 4 rings (SSSR count). The number of hydrogen-bond donors (Lipinski definition) is 0. The quantitative estimate of drug-likeness (QED) is 0.846. The van der Waals surface area contributed by atoms with Gasteiger partial charge in [0.05, 0.1) is 11.8 Å². The second kappa shape index (κ2) is 7.33. The minimum atomic E-state index is 0.331. The van der Waals surface area contributed by atoms with E-state index < -0.39 is 0 Å². The second-order valence-corrected chi connectivity index (χ2v) is 7.84. The van der Waals surface area contributed by atoms with Crippen LogP contribution in [0.5, 0.6) is 0 Å². The van der Waals surface area contributed by atoms with Crippen molar-refractivity contribution in [1.29, 1.82) is 0 Å². The first-order valence-corrected chi connectivity index (χ1v) is 9.49. The molecule has 138 valence electrons. The first kappa shape index (κ1) is 17.4. The van der Waals surface area contributed by atoms with Crippen molar-refractivity contribution in [2.75, 3.05) is 39.2 Å². The first-order valence-electron chi connectivity index (χ1n) is 9.49. The van der Waals surface area contributed by atoms with Gasteiger partial charge in [0, 0.05) is 31.8 Å². The molecule has 0 spiro atoms. The molecule has 1 saturated heterocycles. The van der Waals surface area contributed by atoms with Crippen LogP contribution in [0.15, 0.2) is 42.5 Å². The van der Waals surface area contributed by atoms with Gasteiger partial charge in [0.25, 0.3) is 0 Å². The molecule has 1 aromatic heterocycles. The third kappa shape index (κ3) is 3.33. The molecular formula is C21H28N4O. The van der Waals surface area contributed by atoms with Gasteiger partial charge in [0.2, 0.25) is 0 Å². The largest absolute Gasteiger partial charge is 0.380 e. The Morgan fingerprint density at radius 2 is 1.69 bits per heavy atom. The minimum Gasteiger partial charge on any atom is -0.380 e. The van der Waals surface area contributed by atoms with E-state index in [-0.39, 0.29) is 0 Å². The Kier molecular flexibility index (Phi) is 4.92. The summed E-state index contributed by atoms with van der Waals surface area (Å²) in [6.45, 7) is 2.13. The van der Waals surface area contributed by atoms with E-state index in [0.29, 0.717) is 24.0 Å². The van der Waals surface area contributed by atoms with Crippen LogP contribution in [-0.4, -0.2) is 61.5 Å². The lowest BCUT2D eigenvalue weighted by atomic mass is 9.77. The monoisotopic (exact) mass is 352 g/mol. The zero-order valence-electron chi connectivity index (χ0n) is 15.9. The highest BCUT2D eigenvalue weighted by molar-refractivity contribution is 5.59. The number of nitrogens with zero attached hydrogens (tertiary/aromatic N) is 4. The lowest BCUT2D eigenvalue weighted by molar-refractivity contribution is -0.0209. The Balaban J connectivity index is 1.47. The molecule has 0 N–H and O–H groups in total. The van der Waals surface area contributed by atoms with E-state index in [1.54, 1.807) is 0 Å². The molecule has 0 radical (unpaired) electrons. The van der Waals surface area contributed by atoms with E-state index in [4.69, 9.17) is 4.74 Å². The fraction of sp³-hybridized carbons (Fsp3) is 0.524. The summed E-state index contributed by atoms with van der Waals surface area (Å²) in [6, 6.07) is 14.9. The Morgan fingerprint density at radius 1 is 0.962 bits per heavy atom. The van der Waals surface area contributed by atoms with Crippen molar-refractivity contribution in [3.05, 3.63) is 42.5 Å². The number of fused-ring (bicyclic) bond motifs is 1. The van der Waals surface area contributed by atoms with E-state index >= 15 is 0 Å². The van der Waals surface area contributed by atoms with Gasteiger partial charge in [-0.1, -0.05) is 30.3 Å². The van der Waals surface area contributed by atoms with Crippen LogP contribution in [-0.2, 0) is 4.74 Å². The van der Waals surface area contributed by atoms with Gasteiger partial charge < -0.3 is 14.5 Å². The predicted octanol–water partition coefficient (Wildman–Crippen LogP) is 2.94. The zero-order valence-corrected chi connectivity index (χ0v) is 15.9. The average molecular weight is 352 g/mol. The van der Waals surface area contributed by atoms with Crippen LogP contribution >= 0.6 is 0 Å². The average Bonchev–Trinajstić information content (AvgIpc) is 3.10. The van der Waals surface area contributed by atoms with Gasteiger partial charge in [-0.2, -0.15) is 0 Å². The number of likely N-dealkylation sites (N-methyl/N-ethyl adjacent to an activating group) is 1. The maximum atomic E-state index is 5.79. The molecule has 4 atom stereocenters. The van der Waals surface area contributed by atoms with Gasteiger partial charge in [-0.25, -0.2) is 0 Å². The van der Waals surface area contributed by atoms with Crippen LogP contribution in [0.25, 0.3) is 11.3 Å². The maximum Gasteiger partial charge on any atom is 0.151 e. The summed E-state index contributed by atoms with van der Waals surface area (Å²) in [5.74, 6) is 2.39. The van der Waals surface area contributed by atoms with Crippen molar-refractivity contribution in [3.63, 3.8) is 0 Å². The summed E-state index contributed by atoms with van der Waals surface area (Å²) in [5.41, 5.74) is 2.04. The number of hydrogen-bond acceptors (Lipinski definition) is 5. The Labute approximate surface area is 156 Å². The van der Waals surface area contributed by atoms with Crippen LogP contribution in [0, 0.1) is 11.8 Å². The lowest BCUT2D eigenvalue weighted by Crippen LogP contribution is -2.47. The third-order valence-corrected chi connectivity index (χ3v) is 6.09. The van der Waals surface area contributed by atoms with Crippen molar-refractivity contribution in [2.24, 2.45) is 11.8 Å². The molecule has 2 aromatic rings. The molecule has 1 saturated carbocycles. The minimum absolute atomic E-state index is 0.331. The number of aromatic nitrogens is 2. The van der Waals surface area contributed by atoms with Gasteiger partial charge >= 0.3 is 0 Å². The van der Waals surface area contributed by atoms with Gasteiger partial charge in [-0.15, -0.1) is 10.2 Å². The second-order valence-electron chi connectivity index (χ2n) is 7.84. The van der Waals surface area contributed by atoms with Crippen LogP contribution in [0.1, 0.15) is 12.8 Å². The van der Waals surface area contributed by atoms with E-state index in [1.165, 1.54) is 6.42 Å². The number of benzene rings is 1. The summed E-state index contributed by atoms with van der Waals surface area (Å²) in [6.07, 6.45) is 2.66. The predicted molar refractivity (Wildman–Crippen MR) is 104 cm³/mol. The molecule has 2 heterocycles. The van der Waals surface area contributed by atoms with E-state index in [1.807, 2.05) is 25.3 Å². The Bertz CT molecular complexity index is 719. The standard InChI is InChI=1S/C21H28N4O/c1-24(2)19-11-16-13-25(14-17(16)12-20(19)26-3)21-10-9-18(22-23-21)15-7-5-4-6-8-15/h4-10,16-17,19-20H,11-14H2,1-3H3/t16-,17+,19-,20-/m1/s1. The molecule has 5 nitrogen and oxygen atoms in total. The fourth-order valence-corrected chi connectivity index (χ4v) is 4.63. The summed E-state index contributed by atoms with van der Waals surface area (Å²) >= 11 is 0. The zero-order chi connectivity index (χ0) is 18.1. The first-order chi connectivity index (χ1) is 12.7. The topological polar surface area (TPSA) is 41.5 Å². The molecule has 26 heavy (non-hydrogen) atoms. The molecular weight excluding hydrogens is 324 g/mol. The SMILES string of the molecule is CO[C@@H]1C[C@H]2CN(c3ccc(-c4ccccc4)nn3)C[C@H]2C[C@H]1N(C)C. The number of anilines is 1. The molecule has 1 aromatic carbocycles.